The first-order valence-corrected chi connectivity index (χ1v) is 6.47. The van der Waals surface area contributed by atoms with Gasteiger partial charge in [0.15, 0.2) is 0 Å². The van der Waals surface area contributed by atoms with Gasteiger partial charge in [0.1, 0.15) is 10.4 Å². The molecule has 1 amide bonds. The fourth-order valence-electron chi connectivity index (χ4n) is 1.62. The number of benzene rings is 1. The van der Waals surface area contributed by atoms with E-state index in [0.717, 1.165) is 5.56 Å². The first-order valence-electron chi connectivity index (χ1n) is 5.67. The van der Waals surface area contributed by atoms with Crippen LogP contribution in [0.2, 0.25) is 0 Å². The van der Waals surface area contributed by atoms with E-state index in [0.29, 0.717) is 21.6 Å². The first-order chi connectivity index (χ1) is 9.10. The van der Waals surface area contributed by atoms with Crippen LogP contribution in [0, 0.1) is 6.92 Å². The number of anilines is 1. The molecule has 1 aromatic carbocycles. The highest BCUT2D eigenvalue weighted by Crippen LogP contribution is 2.25. The zero-order valence-corrected chi connectivity index (χ0v) is 12.2. The predicted octanol–water partition coefficient (Wildman–Crippen LogP) is 3.41. The van der Waals surface area contributed by atoms with Crippen molar-refractivity contribution in [3.05, 3.63) is 52.3 Å². The third kappa shape index (κ3) is 3.32. The van der Waals surface area contributed by atoms with E-state index >= 15 is 0 Å². The van der Waals surface area contributed by atoms with Gasteiger partial charge in [-0.3, -0.25) is 4.79 Å². The third-order valence-electron chi connectivity index (χ3n) is 2.59. The Balaban J connectivity index is 2.23. The van der Waals surface area contributed by atoms with Gasteiger partial charge in [0.25, 0.3) is 5.91 Å². The molecule has 0 unspecified atom stereocenters. The van der Waals surface area contributed by atoms with Crippen molar-refractivity contribution in [1.29, 1.82) is 0 Å². The number of hydrogen-bond acceptors (Lipinski definition) is 3. The summed E-state index contributed by atoms with van der Waals surface area (Å²) in [7, 11) is 1.57. The minimum absolute atomic E-state index is 0.219. The number of pyridine rings is 1. The summed E-state index contributed by atoms with van der Waals surface area (Å²) in [6.07, 6.45) is 1.52. The van der Waals surface area contributed by atoms with Crippen LogP contribution >= 0.6 is 15.9 Å². The molecule has 0 spiro atoms. The summed E-state index contributed by atoms with van der Waals surface area (Å²) < 4.78 is 5.91. The van der Waals surface area contributed by atoms with Crippen molar-refractivity contribution in [3.63, 3.8) is 0 Å². The van der Waals surface area contributed by atoms with E-state index in [1.54, 1.807) is 19.2 Å². The number of halogens is 1. The molecule has 0 fully saturated rings. The van der Waals surface area contributed by atoms with E-state index in [9.17, 15) is 4.79 Å². The second kappa shape index (κ2) is 5.84. The molecule has 5 heteroatoms. The molecule has 0 aliphatic heterocycles. The third-order valence-corrected chi connectivity index (χ3v) is 3.06. The summed E-state index contributed by atoms with van der Waals surface area (Å²) in [5, 5.41) is 2.82. The Labute approximate surface area is 119 Å². The lowest BCUT2D eigenvalue weighted by atomic mass is 10.2. The first kappa shape index (κ1) is 13.5. The Bertz CT molecular complexity index is 597. The number of rotatable bonds is 3. The lowest BCUT2D eigenvalue weighted by Gasteiger charge is -2.10. The van der Waals surface area contributed by atoms with E-state index in [1.807, 2.05) is 25.1 Å². The Hall–Kier alpha value is -1.88. The molecule has 0 aliphatic rings. The topological polar surface area (TPSA) is 51.2 Å². The Morgan fingerprint density at radius 1 is 1.32 bits per heavy atom. The average molecular weight is 321 g/mol. The van der Waals surface area contributed by atoms with Gasteiger partial charge in [-0.05, 0) is 52.7 Å². The van der Waals surface area contributed by atoms with Gasteiger partial charge in [0.05, 0.1) is 18.4 Å². The van der Waals surface area contributed by atoms with Crippen molar-refractivity contribution >= 4 is 27.5 Å². The number of aryl methyl sites for hydroxylation is 1. The normalized spacial score (nSPS) is 10.1. The maximum absolute atomic E-state index is 12.1. The molecule has 2 aromatic rings. The van der Waals surface area contributed by atoms with Crippen LogP contribution in [-0.4, -0.2) is 18.0 Å². The maximum Gasteiger partial charge on any atom is 0.257 e. The smallest absolute Gasteiger partial charge is 0.257 e. The van der Waals surface area contributed by atoms with Crippen LogP contribution in [-0.2, 0) is 0 Å². The molecule has 0 saturated heterocycles. The predicted molar refractivity (Wildman–Crippen MR) is 77.6 cm³/mol. The molecule has 0 atom stereocenters. The monoisotopic (exact) mass is 320 g/mol. The van der Waals surface area contributed by atoms with Crippen LogP contribution in [0.5, 0.6) is 5.75 Å². The molecule has 0 saturated carbocycles. The molecule has 0 aliphatic carbocycles. The van der Waals surface area contributed by atoms with Crippen molar-refractivity contribution in [2.24, 2.45) is 0 Å². The largest absolute Gasteiger partial charge is 0.495 e. The number of methoxy groups -OCH3 is 1. The molecule has 1 heterocycles. The van der Waals surface area contributed by atoms with Crippen molar-refractivity contribution in [2.75, 3.05) is 12.4 Å². The zero-order chi connectivity index (χ0) is 13.8. The number of hydrogen-bond donors (Lipinski definition) is 1. The van der Waals surface area contributed by atoms with Crippen molar-refractivity contribution in [1.82, 2.24) is 4.98 Å². The van der Waals surface area contributed by atoms with E-state index in [2.05, 4.69) is 26.2 Å². The van der Waals surface area contributed by atoms with E-state index in [4.69, 9.17) is 4.74 Å². The molecule has 1 N–H and O–H groups in total. The van der Waals surface area contributed by atoms with E-state index < -0.39 is 0 Å². The number of carbonyl (C=O) groups excluding carboxylic acids is 1. The molecule has 0 bridgehead atoms. The maximum atomic E-state index is 12.1. The van der Waals surface area contributed by atoms with Crippen LogP contribution in [0.15, 0.2) is 41.1 Å². The van der Waals surface area contributed by atoms with Gasteiger partial charge in [-0.1, -0.05) is 6.07 Å². The second-order valence-corrected chi connectivity index (χ2v) is 4.84. The molecule has 98 valence electrons. The molecule has 1 aromatic heterocycles. The molecule has 19 heavy (non-hydrogen) atoms. The summed E-state index contributed by atoms with van der Waals surface area (Å²) in [5.74, 6) is 0.410. The lowest BCUT2D eigenvalue weighted by Crippen LogP contribution is -2.13. The quantitative estimate of drug-likeness (QED) is 0.882. The SMILES string of the molecule is COc1ccc(C)cc1NC(=O)c1ccc(Br)nc1. The fourth-order valence-corrected chi connectivity index (χ4v) is 1.86. The minimum Gasteiger partial charge on any atom is -0.495 e. The number of aromatic nitrogens is 1. The van der Waals surface area contributed by atoms with Crippen molar-refractivity contribution in [3.8, 4) is 5.75 Å². The van der Waals surface area contributed by atoms with Crippen molar-refractivity contribution in [2.45, 2.75) is 6.92 Å². The van der Waals surface area contributed by atoms with Crippen LogP contribution in [0.25, 0.3) is 0 Å². The molecule has 0 radical (unpaired) electrons. The van der Waals surface area contributed by atoms with Crippen LogP contribution in [0.4, 0.5) is 5.69 Å². The van der Waals surface area contributed by atoms with Gasteiger partial charge >= 0.3 is 0 Å². The van der Waals surface area contributed by atoms with Gasteiger partial charge in [-0.2, -0.15) is 0 Å². The fraction of sp³-hybridized carbons (Fsp3) is 0.143. The Morgan fingerprint density at radius 2 is 2.11 bits per heavy atom. The standard InChI is InChI=1S/C14H13BrN2O2/c1-9-3-5-12(19-2)11(7-9)17-14(18)10-4-6-13(15)16-8-10/h3-8H,1-2H3,(H,17,18). The summed E-state index contributed by atoms with van der Waals surface area (Å²) in [4.78, 5) is 16.1. The Kier molecular flexibility index (Phi) is 4.16. The molecular weight excluding hydrogens is 308 g/mol. The average Bonchev–Trinajstić information content (AvgIpc) is 2.39. The lowest BCUT2D eigenvalue weighted by molar-refractivity contribution is 0.102. The summed E-state index contributed by atoms with van der Waals surface area (Å²) in [6, 6.07) is 9.04. The molecular formula is C14H13BrN2O2. The van der Waals surface area contributed by atoms with Crippen LogP contribution in [0.3, 0.4) is 0 Å². The molecule has 4 nitrogen and oxygen atoms in total. The van der Waals surface area contributed by atoms with Gasteiger partial charge in [0.2, 0.25) is 0 Å². The highest BCUT2D eigenvalue weighted by atomic mass is 79.9. The minimum atomic E-state index is -0.219. The van der Waals surface area contributed by atoms with E-state index in [-0.39, 0.29) is 5.91 Å². The summed E-state index contributed by atoms with van der Waals surface area (Å²) in [5.41, 5.74) is 2.19. The number of amides is 1. The van der Waals surface area contributed by atoms with Crippen molar-refractivity contribution < 1.29 is 9.53 Å². The van der Waals surface area contributed by atoms with E-state index in [1.165, 1.54) is 6.20 Å². The van der Waals surface area contributed by atoms with Crippen LogP contribution < -0.4 is 10.1 Å². The number of ether oxygens (including phenoxy) is 1. The summed E-state index contributed by atoms with van der Waals surface area (Å²) >= 11 is 3.23. The van der Waals surface area contributed by atoms with Gasteiger partial charge < -0.3 is 10.1 Å². The number of nitrogens with one attached hydrogen (secondary N) is 1. The van der Waals surface area contributed by atoms with Gasteiger partial charge in [-0.15, -0.1) is 0 Å². The molecule has 2 rings (SSSR count). The van der Waals surface area contributed by atoms with Gasteiger partial charge in [0, 0.05) is 6.20 Å². The van der Waals surface area contributed by atoms with Gasteiger partial charge in [-0.25, -0.2) is 4.98 Å². The zero-order valence-electron chi connectivity index (χ0n) is 10.6. The number of nitrogens with zero attached hydrogens (tertiary/aromatic N) is 1. The Morgan fingerprint density at radius 3 is 2.74 bits per heavy atom. The summed E-state index contributed by atoms with van der Waals surface area (Å²) in [6.45, 7) is 1.95. The highest BCUT2D eigenvalue weighted by molar-refractivity contribution is 9.10. The second-order valence-electron chi connectivity index (χ2n) is 4.03. The van der Waals surface area contributed by atoms with Crippen LogP contribution in [0.1, 0.15) is 15.9 Å². The number of carbonyl (C=O) groups is 1. The highest BCUT2D eigenvalue weighted by Gasteiger charge is 2.10.